The van der Waals surface area contributed by atoms with E-state index in [9.17, 15) is 26.5 Å². The summed E-state index contributed by atoms with van der Waals surface area (Å²) in [7, 11) is -6.03. The van der Waals surface area contributed by atoms with Crippen molar-refractivity contribution in [2.24, 2.45) is 0 Å². The molecule has 2 rings (SSSR count). The lowest BCUT2D eigenvalue weighted by molar-refractivity contribution is -0.597. The summed E-state index contributed by atoms with van der Waals surface area (Å²) in [6.45, 7) is -0.312. The van der Waals surface area contributed by atoms with Crippen LogP contribution < -0.4 is 21.2 Å². The second-order valence-corrected chi connectivity index (χ2v) is 14.7. The molecule has 36 heavy (non-hydrogen) atoms. The summed E-state index contributed by atoms with van der Waals surface area (Å²) in [5.41, 5.74) is 0. The summed E-state index contributed by atoms with van der Waals surface area (Å²) < 4.78 is 65.2. The van der Waals surface area contributed by atoms with Gasteiger partial charge in [0, 0.05) is 14.3 Å². The Balaban J connectivity index is 0.000000377. The van der Waals surface area contributed by atoms with Crippen molar-refractivity contribution in [3.63, 3.8) is 0 Å². The molecule has 0 radical (unpaired) electrons. The van der Waals surface area contributed by atoms with Crippen LogP contribution in [0.15, 0.2) is 57.5 Å². The van der Waals surface area contributed by atoms with Crippen LogP contribution in [0.3, 0.4) is 0 Å². The Morgan fingerprint density at radius 3 is 1.58 bits per heavy atom. The number of benzene rings is 2. The van der Waals surface area contributed by atoms with Gasteiger partial charge < -0.3 is 9.29 Å². The number of unbranched alkanes of at least 4 members (excludes halogenated alkanes) is 7. The second-order valence-electron chi connectivity index (χ2n) is 7.59. The number of hydrogen-bond acceptors (Lipinski definition) is 5. The van der Waals surface area contributed by atoms with Gasteiger partial charge in [-0.3, -0.25) is 0 Å². The van der Waals surface area contributed by atoms with Gasteiger partial charge in [-0.15, -0.1) is 0 Å². The van der Waals surface area contributed by atoms with Crippen molar-refractivity contribution in [2.45, 2.75) is 56.6 Å². The minimum Gasteiger partial charge on any atom is -0.743 e. The fourth-order valence-corrected chi connectivity index (χ4v) is 6.06. The molecule has 0 bridgehead atoms. The Labute approximate surface area is 247 Å². The van der Waals surface area contributed by atoms with Gasteiger partial charge in [-0.1, -0.05) is 86.3 Å². The smallest absolute Gasteiger partial charge is 0.428 e. The maximum absolute atomic E-state index is 12.7. The Bertz CT molecular complexity index is 964. The highest BCUT2D eigenvalue weighted by atomic mass is 127. The molecule has 5 nitrogen and oxygen atoms in total. The number of carbonyl (C=O) groups is 1. The first-order valence-corrected chi connectivity index (χ1v) is 17.5. The van der Waals surface area contributed by atoms with Crippen LogP contribution in [0.25, 0.3) is 0 Å². The molecule has 0 unspecified atom stereocenters. The van der Waals surface area contributed by atoms with E-state index in [0.29, 0.717) is 12.8 Å². The molecule has 0 heterocycles. The molecule has 0 aliphatic carbocycles. The summed E-state index contributed by atoms with van der Waals surface area (Å²) in [6.07, 6.45) is 7.52. The average molecular weight is 833 g/mol. The first-order chi connectivity index (χ1) is 17.0. The van der Waals surface area contributed by atoms with Gasteiger partial charge in [-0.25, -0.2) is 13.2 Å². The van der Waals surface area contributed by atoms with Crippen LogP contribution in [0.2, 0.25) is 0 Å². The fraction of sp³-hybridized carbons (Fsp3) is 0.458. The van der Waals surface area contributed by atoms with Gasteiger partial charge >= 0.3 is 32.4 Å². The zero-order valence-electron chi connectivity index (χ0n) is 19.4. The molecule has 0 amide bonds. The van der Waals surface area contributed by atoms with Gasteiger partial charge in [0.05, 0.1) is 6.61 Å². The number of halogens is 6. The topological polar surface area (TPSA) is 83.5 Å². The van der Waals surface area contributed by atoms with E-state index in [-0.39, 0.29) is 27.8 Å². The molecule has 12 heteroatoms. The summed E-state index contributed by atoms with van der Waals surface area (Å²) in [6, 6.07) is 17.2. The average Bonchev–Trinajstić information content (AvgIpc) is 2.82. The zero-order chi connectivity index (χ0) is 27.0. The molecular formula is C24H28Br3F2IO5S. The van der Waals surface area contributed by atoms with Crippen LogP contribution >= 0.6 is 47.8 Å². The second kappa shape index (κ2) is 18.2. The number of alkyl halides is 3. The van der Waals surface area contributed by atoms with Gasteiger partial charge in [0.2, 0.25) is 0 Å². The molecule has 0 aliphatic rings. The molecule has 0 fully saturated rings. The minimum absolute atomic E-state index is 0.0385. The monoisotopic (exact) mass is 830 g/mol. The molecule has 0 atom stereocenters. The predicted molar refractivity (Wildman–Crippen MR) is 142 cm³/mol. The van der Waals surface area contributed by atoms with Gasteiger partial charge in [0.15, 0.2) is 17.3 Å². The SMILES string of the molecule is Brc1ccc([I+]c2ccc(Br)cc2)cc1.O=C(OCCCCCCCCCCBr)C(F)(F)S(=O)(=O)[O-]. The Kier molecular flexibility index (Phi) is 17.1. The van der Waals surface area contributed by atoms with Crippen molar-refractivity contribution in [1.29, 1.82) is 0 Å². The van der Waals surface area contributed by atoms with Crippen LogP contribution in [-0.2, 0) is 19.6 Å². The molecule has 2 aromatic rings. The molecule has 202 valence electrons. The first-order valence-electron chi connectivity index (χ1n) is 11.2. The van der Waals surface area contributed by atoms with Crippen LogP contribution in [0.4, 0.5) is 8.78 Å². The van der Waals surface area contributed by atoms with E-state index in [1.165, 1.54) is 13.6 Å². The van der Waals surface area contributed by atoms with Crippen molar-refractivity contribution >= 4 is 63.9 Å². The third-order valence-corrected chi connectivity index (χ3v) is 9.73. The van der Waals surface area contributed by atoms with Crippen molar-refractivity contribution < 1.29 is 52.5 Å². The van der Waals surface area contributed by atoms with Crippen molar-refractivity contribution in [3.8, 4) is 0 Å². The molecule has 0 aromatic heterocycles. The third-order valence-electron chi connectivity index (χ3n) is 4.64. The summed E-state index contributed by atoms with van der Waals surface area (Å²) in [5.74, 6) is -2.30. The third kappa shape index (κ3) is 14.1. The van der Waals surface area contributed by atoms with Gasteiger partial charge in [-0.05, 0) is 61.4 Å². The lowest BCUT2D eigenvalue weighted by atomic mass is 10.1. The van der Waals surface area contributed by atoms with E-state index < -0.39 is 21.3 Å². The van der Waals surface area contributed by atoms with Gasteiger partial charge in [0.25, 0.3) is 0 Å². The fourth-order valence-electron chi connectivity index (χ4n) is 2.72. The number of carbonyl (C=O) groups excluding carboxylic acids is 1. The highest BCUT2D eigenvalue weighted by molar-refractivity contribution is 9.10. The highest BCUT2D eigenvalue weighted by Crippen LogP contribution is 2.22. The van der Waals surface area contributed by atoms with E-state index in [1.54, 1.807) is 0 Å². The largest absolute Gasteiger partial charge is 0.743 e. The number of hydrogen-bond donors (Lipinski definition) is 0. The molecular weight excluding hydrogens is 805 g/mol. The van der Waals surface area contributed by atoms with Crippen LogP contribution in [0.5, 0.6) is 0 Å². The number of esters is 1. The van der Waals surface area contributed by atoms with Crippen molar-refractivity contribution in [2.75, 3.05) is 11.9 Å². The van der Waals surface area contributed by atoms with E-state index in [4.69, 9.17) is 0 Å². The van der Waals surface area contributed by atoms with Crippen molar-refractivity contribution in [1.82, 2.24) is 0 Å². The standard InChI is InChI=1S/C12H8Br2I.C12H21BrF2O5S/c13-9-1-5-11(6-2-9)15-12-7-3-10(14)4-8-12;13-9-7-5-3-1-2-4-6-8-10-20-11(16)12(14,15)21(17,18)19/h1-8H;1-10H2,(H,17,18,19)/q+1;/p-1. The first kappa shape index (κ1) is 33.9. The highest BCUT2D eigenvalue weighted by Gasteiger charge is 2.48. The Hall–Kier alpha value is -0.150. The lowest BCUT2D eigenvalue weighted by Gasteiger charge is -2.17. The summed E-state index contributed by atoms with van der Waals surface area (Å²) in [4.78, 5) is 10.8. The van der Waals surface area contributed by atoms with E-state index in [0.717, 1.165) is 46.4 Å². The van der Waals surface area contributed by atoms with Crippen LogP contribution in [-0.4, -0.2) is 36.1 Å². The zero-order valence-corrected chi connectivity index (χ0v) is 27.1. The van der Waals surface area contributed by atoms with Crippen LogP contribution in [0, 0.1) is 7.14 Å². The summed E-state index contributed by atoms with van der Waals surface area (Å²) >= 11 is 10.2. The normalized spacial score (nSPS) is 11.5. The molecule has 2 aromatic carbocycles. The molecule has 0 saturated carbocycles. The molecule has 0 N–H and O–H groups in total. The number of rotatable bonds is 14. The maximum atomic E-state index is 12.7. The molecule has 0 saturated heterocycles. The Morgan fingerprint density at radius 2 is 1.19 bits per heavy atom. The van der Waals surface area contributed by atoms with Gasteiger partial charge in [-0.2, -0.15) is 8.78 Å². The van der Waals surface area contributed by atoms with Crippen molar-refractivity contribution in [3.05, 3.63) is 64.6 Å². The molecule has 0 aliphatic heterocycles. The summed E-state index contributed by atoms with van der Waals surface area (Å²) in [5, 5.41) is -4.01. The van der Waals surface area contributed by atoms with E-state index >= 15 is 0 Å². The Morgan fingerprint density at radius 1 is 0.806 bits per heavy atom. The molecule has 0 spiro atoms. The van der Waals surface area contributed by atoms with E-state index in [2.05, 4.69) is 101 Å². The van der Waals surface area contributed by atoms with E-state index in [1.807, 2.05) is 0 Å². The maximum Gasteiger partial charge on any atom is 0.428 e. The van der Waals surface area contributed by atoms with Gasteiger partial charge in [0.1, 0.15) is 0 Å². The quantitative estimate of drug-likeness (QED) is 0.0921. The lowest BCUT2D eigenvalue weighted by Crippen LogP contribution is -3.61. The minimum atomic E-state index is -6.03. The van der Waals surface area contributed by atoms with Crippen LogP contribution in [0.1, 0.15) is 51.4 Å². The predicted octanol–water partition coefficient (Wildman–Crippen LogP) is 4.52. The number of ether oxygens (including phenoxy) is 1.